The Kier molecular flexibility index (Phi) is 4.80. The van der Waals surface area contributed by atoms with E-state index in [2.05, 4.69) is 15.9 Å². The summed E-state index contributed by atoms with van der Waals surface area (Å²) >= 11 is 3.34. The normalized spacial score (nSPS) is 12.0. The molecule has 1 aromatic rings. The van der Waals surface area contributed by atoms with Crippen molar-refractivity contribution in [2.24, 2.45) is 0 Å². The van der Waals surface area contributed by atoms with Crippen LogP contribution < -0.4 is 9.47 Å². The Hall–Kier alpha value is -1.03. The predicted molar refractivity (Wildman–Crippen MR) is 66.9 cm³/mol. The van der Waals surface area contributed by atoms with E-state index >= 15 is 0 Å². The number of carbonyl (C=O) groups excluding carboxylic acids is 1. The second-order valence-corrected chi connectivity index (χ2v) is 4.41. The van der Waals surface area contributed by atoms with Crippen molar-refractivity contribution in [2.75, 3.05) is 14.2 Å². The molecule has 0 saturated heterocycles. The fraction of sp³-hybridized carbons (Fsp3) is 0.417. The maximum Gasteiger partial charge on any atom is 0.180 e. The first-order chi connectivity index (χ1) is 7.63. The van der Waals surface area contributed by atoms with Gasteiger partial charge in [0.05, 0.1) is 24.6 Å². The third-order valence-corrected chi connectivity index (χ3v) is 3.38. The molecule has 0 aliphatic heterocycles. The van der Waals surface area contributed by atoms with Crippen LogP contribution in [0, 0.1) is 0 Å². The summed E-state index contributed by atoms with van der Waals surface area (Å²) in [4.78, 5) is 11.9. The molecular weight excluding hydrogens is 272 g/mol. The highest BCUT2D eigenvalue weighted by atomic mass is 79.9. The monoisotopic (exact) mass is 286 g/mol. The third kappa shape index (κ3) is 2.76. The molecule has 3 nitrogen and oxygen atoms in total. The van der Waals surface area contributed by atoms with Crippen LogP contribution in [0.15, 0.2) is 18.2 Å². The van der Waals surface area contributed by atoms with Crippen LogP contribution in [0.4, 0.5) is 0 Å². The van der Waals surface area contributed by atoms with Gasteiger partial charge in [-0.15, -0.1) is 0 Å². The van der Waals surface area contributed by atoms with E-state index in [-0.39, 0.29) is 10.6 Å². The first-order valence-electron chi connectivity index (χ1n) is 5.04. The Morgan fingerprint density at radius 1 is 1.38 bits per heavy atom. The highest BCUT2D eigenvalue weighted by molar-refractivity contribution is 9.10. The number of alkyl halides is 1. The van der Waals surface area contributed by atoms with E-state index in [9.17, 15) is 4.79 Å². The van der Waals surface area contributed by atoms with Crippen LogP contribution in [0.25, 0.3) is 0 Å². The molecule has 0 aliphatic rings. The van der Waals surface area contributed by atoms with E-state index in [0.29, 0.717) is 17.1 Å². The van der Waals surface area contributed by atoms with Gasteiger partial charge in [0, 0.05) is 0 Å². The molecule has 1 rings (SSSR count). The number of hydrogen-bond donors (Lipinski definition) is 0. The number of Topliss-reactive ketones (excluding diaryl/α,β-unsaturated/α-hetero) is 1. The maximum atomic E-state index is 12.0. The van der Waals surface area contributed by atoms with Crippen molar-refractivity contribution >= 4 is 21.7 Å². The van der Waals surface area contributed by atoms with Gasteiger partial charge >= 0.3 is 0 Å². The number of carbonyl (C=O) groups is 1. The molecule has 0 bridgehead atoms. The standard InChI is InChI=1S/C12H15BrO3/c1-4-10(13)12(14)9-7-8(15-2)5-6-11(9)16-3/h5-7,10H,4H2,1-3H3. The molecule has 1 aromatic carbocycles. The first-order valence-corrected chi connectivity index (χ1v) is 5.95. The number of methoxy groups -OCH3 is 2. The van der Waals surface area contributed by atoms with Gasteiger partial charge in [-0.25, -0.2) is 0 Å². The predicted octanol–water partition coefficient (Wildman–Crippen LogP) is 3.06. The molecule has 0 N–H and O–H groups in total. The van der Waals surface area contributed by atoms with Gasteiger partial charge in [-0.2, -0.15) is 0 Å². The molecule has 0 aromatic heterocycles. The fourth-order valence-electron chi connectivity index (χ4n) is 1.36. The van der Waals surface area contributed by atoms with Crippen molar-refractivity contribution in [1.29, 1.82) is 0 Å². The van der Waals surface area contributed by atoms with Crippen LogP contribution >= 0.6 is 15.9 Å². The zero-order valence-electron chi connectivity index (χ0n) is 9.62. The average molecular weight is 287 g/mol. The minimum Gasteiger partial charge on any atom is -0.497 e. The molecule has 0 fully saturated rings. The number of hydrogen-bond acceptors (Lipinski definition) is 3. The van der Waals surface area contributed by atoms with E-state index in [0.717, 1.165) is 6.42 Å². The molecule has 88 valence electrons. The Morgan fingerprint density at radius 3 is 2.56 bits per heavy atom. The second kappa shape index (κ2) is 5.89. The number of benzene rings is 1. The summed E-state index contributed by atoms with van der Waals surface area (Å²) in [6.07, 6.45) is 0.735. The Labute approximate surface area is 104 Å². The highest BCUT2D eigenvalue weighted by Gasteiger charge is 2.19. The zero-order chi connectivity index (χ0) is 12.1. The van der Waals surface area contributed by atoms with Crippen LogP contribution in [-0.2, 0) is 0 Å². The van der Waals surface area contributed by atoms with Gasteiger partial charge < -0.3 is 9.47 Å². The van der Waals surface area contributed by atoms with Gasteiger partial charge in [0.15, 0.2) is 5.78 Å². The zero-order valence-corrected chi connectivity index (χ0v) is 11.2. The molecule has 0 aliphatic carbocycles. The molecule has 0 heterocycles. The van der Waals surface area contributed by atoms with Crippen molar-refractivity contribution in [3.8, 4) is 11.5 Å². The van der Waals surface area contributed by atoms with Crippen LogP contribution in [0.3, 0.4) is 0 Å². The summed E-state index contributed by atoms with van der Waals surface area (Å²) in [5.74, 6) is 1.24. The van der Waals surface area contributed by atoms with Crippen molar-refractivity contribution in [1.82, 2.24) is 0 Å². The molecule has 0 saturated carbocycles. The van der Waals surface area contributed by atoms with Crippen LogP contribution in [0.1, 0.15) is 23.7 Å². The topological polar surface area (TPSA) is 35.5 Å². The number of ether oxygens (including phenoxy) is 2. The lowest BCUT2D eigenvalue weighted by Gasteiger charge is -2.11. The van der Waals surface area contributed by atoms with Crippen LogP contribution in [-0.4, -0.2) is 24.8 Å². The third-order valence-electron chi connectivity index (χ3n) is 2.32. The fourth-order valence-corrected chi connectivity index (χ4v) is 1.61. The summed E-state index contributed by atoms with van der Waals surface area (Å²) < 4.78 is 10.3. The van der Waals surface area contributed by atoms with Gasteiger partial charge in [0.2, 0.25) is 0 Å². The quantitative estimate of drug-likeness (QED) is 0.616. The SMILES string of the molecule is CCC(Br)C(=O)c1cc(OC)ccc1OC. The summed E-state index contributed by atoms with van der Waals surface area (Å²) in [7, 11) is 3.12. The summed E-state index contributed by atoms with van der Waals surface area (Å²) in [5.41, 5.74) is 0.547. The lowest BCUT2D eigenvalue weighted by molar-refractivity contribution is 0.0987. The van der Waals surface area contributed by atoms with Gasteiger partial charge in [-0.3, -0.25) is 4.79 Å². The lowest BCUT2D eigenvalue weighted by atomic mass is 10.1. The molecule has 0 amide bonds. The van der Waals surface area contributed by atoms with Crippen molar-refractivity contribution in [3.05, 3.63) is 23.8 Å². The molecule has 0 spiro atoms. The maximum absolute atomic E-state index is 12.0. The minimum absolute atomic E-state index is 0.0123. The molecular formula is C12H15BrO3. The average Bonchev–Trinajstić information content (AvgIpc) is 2.35. The molecule has 16 heavy (non-hydrogen) atoms. The van der Waals surface area contributed by atoms with Gasteiger partial charge in [0.1, 0.15) is 11.5 Å². The van der Waals surface area contributed by atoms with E-state index < -0.39 is 0 Å². The largest absolute Gasteiger partial charge is 0.497 e. The van der Waals surface area contributed by atoms with Crippen molar-refractivity contribution in [3.63, 3.8) is 0 Å². The van der Waals surface area contributed by atoms with Crippen molar-refractivity contribution in [2.45, 2.75) is 18.2 Å². The van der Waals surface area contributed by atoms with Gasteiger partial charge in [-0.05, 0) is 24.6 Å². The van der Waals surface area contributed by atoms with Crippen LogP contribution in [0.2, 0.25) is 0 Å². The smallest absolute Gasteiger partial charge is 0.180 e. The lowest BCUT2D eigenvalue weighted by Crippen LogP contribution is -2.14. The van der Waals surface area contributed by atoms with E-state index in [1.54, 1.807) is 32.4 Å². The molecule has 1 atom stereocenters. The van der Waals surface area contributed by atoms with Crippen LogP contribution in [0.5, 0.6) is 11.5 Å². The Bertz CT molecular complexity index is 377. The van der Waals surface area contributed by atoms with Crippen molar-refractivity contribution < 1.29 is 14.3 Å². The minimum atomic E-state index is -0.187. The van der Waals surface area contributed by atoms with E-state index in [1.165, 1.54) is 0 Å². The molecule has 0 radical (unpaired) electrons. The highest BCUT2D eigenvalue weighted by Crippen LogP contribution is 2.27. The van der Waals surface area contributed by atoms with E-state index in [1.807, 2.05) is 6.92 Å². The molecule has 4 heteroatoms. The number of halogens is 1. The number of rotatable bonds is 5. The first kappa shape index (κ1) is 13.0. The van der Waals surface area contributed by atoms with E-state index in [4.69, 9.17) is 9.47 Å². The summed E-state index contributed by atoms with van der Waals surface area (Å²) in [6, 6.07) is 5.21. The summed E-state index contributed by atoms with van der Waals surface area (Å²) in [5, 5.41) is 0. The summed E-state index contributed by atoms with van der Waals surface area (Å²) in [6.45, 7) is 1.95. The van der Waals surface area contributed by atoms with Gasteiger partial charge in [0.25, 0.3) is 0 Å². The Morgan fingerprint density at radius 2 is 2.06 bits per heavy atom. The second-order valence-electron chi connectivity index (χ2n) is 3.31. The Balaban J connectivity index is 3.13. The number of ketones is 1. The van der Waals surface area contributed by atoms with Gasteiger partial charge in [-0.1, -0.05) is 22.9 Å². The molecule has 1 unspecified atom stereocenters.